The smallest absolute Gasteiger partial charge is 0.243 e. The molecule has 21 heavy (non-hydrogen) atoms. The molecule has 0 amide bonds. The van der Waals surface area contributed by atoms with Crippen LogP contribution in [0.1, 0.15) is 37.5 Å². The number of hydrogen-bond donors (Lipinski definition) is 1. The van der Waals surface area contributed by atoms with E-state index in [1.807, 2.05) is 53.8 Å². The van der Waals surface area contributed by atoms with E-state index in [9.17, 15) is 8.42 Å². The number of rotatable bonds is 7. The molecule has 0 fully saturated rings. The van der Waals surface area contributed by atoms with Crippen LogP contribution in [0.3, 0.4) is 0 Å². The fourth-order valence-corrected chi connectivity index (χ4v) is 4.35. The first-order valence-electron chi connectivity index (χ1n) is 7.48. The van der Waals surface area contributed by atoms with Crippen LogP contribution >= 0.6 is 0 Å². The van der Waals surface area contributed by atoms with Gasteiger partial charge in [0.1, 0.15) is 0 Å². The Morgan fingerprint density at radius 2 is 1.81 bits per heavy atom. The first kappa shape index (κ1) is 18.1. The standard InChI is InChI=1S/C16H28N2O2S/c1-7-18(11-12(2)3)21(19,20)16-9-15(10-17-6)13(4)8-14(16)5/h8-9,12,17H,7,10-11H2,1-6H3. The lowest BCUT2D eigenvalue weighted by Crippen LogP contribution is -2.34. The summed E-state index contributed by atoms with van der Waals surface area (Å²) < 4.78 is 27.4. The molecular weight excluding hydrogens is 284 g/mol. The minimum atomic E-state index is -3.43. The molecule has 4 nitrogen and oxygen atoms in total. The van der Waals surface area contributed by atoms with Crippen LogP contribution < -0.4 is 5.32 Å². The molecule has 5 heteroatoms. The first-order chi connectivity index (χ1) is 9.73. The maximum Gasteiger partial charge on any atom is 0.243 e. The quantitative estimate of drug-likeness (QED) is 0.842. The van der Waals surface area contributed by atoms with E-state index >= 15 is 0 Å². The monoisotopic (exact) mass is 312 g/mol. The Hall–Kier alpha value is -0.910. The number of benzene rings is 1. The number of aryl methyl sites for hydroxylation is 2. The average Bonchev–Trinajstić information content (AvgIpc) is 2.38. The van der Waals surface area contributed by atoms with Gasteiger partial charge in [0, 0.05) is 19.6 Å². The summed E-state index contributed by atoms with van der Waals surface area (Å²) in [7, 11) is -1.56. The van der Waals surface area contributed by atoms with Gasteiger partial charge in [-0.25, -0.2) is 8.42 Å². The summed E-state index contributed by atoms with van der Waals surface area (Å²) in [6, 6.07) is 3.78. The van der Waals surface area contributed by atoms with Crippen molar-refractivity contribution in [3.63, 3.8) is 0 Å². The van der Waals surface area contributed by atoms with Crippen LogP contribution in [-0.4, -0.2) is 32.9 Å². The topological polar surface area (TPSA) is 49.4 Å². The van der Waals surface area contributed by atoms with Crippen molar-refractivity contribution >= 4 is 10.0 Å². The maximum atomic E-state index is 12.9. The molecule has 0 saturated carbocycles. The van der Waals surface area contributed by atoms with Gasteiger partial charge in [-0.15, -0.1) is 0 Å². The second-order valence-corrected chi connectivity index (χ2v) is 7.83. The third-order valence-electron chi connectivity index (χ3n) is 3.54. The molecule has 1 aromatic rings. The van der Waals surface area contributed by atoms with E-state index in [0.29, 0.717) is 30.4 Å². The first-order valence-corrected chi connectivity index (χ1v) is 8.92. The second-order valence-electron chi connectivity index (χ2n) is 5.92. The molecule has 0 heterocycles. The SMILES string of the molecule is CCN(CC(C)C)S(=O)(=O)c1cc(CNC)c(C)cc1C. The van der Waals surface area contributed by atoms with E-state index in [2.05, 4.69) is 5.32 Å². The van der Waals surface area contributed by atoms with E-state index in [1.54, 1.807) is 4.31 Å². The summed E-state index contributed by atoms with van der Waals surface area (Å²) in [6.07, 6.45) is 0. The molecule has 120 valence electrons. The summed E-state index contributed by atoms with van der Waals surface area (Å²) in [6.45, 7) is 11.6. The van der Waals surface area contributed by atoms with Gasteiger partial charge in [0.15, 0.2) is 0 Å². The normalized spacial score (nSPS) is 12.4. The molecule has 0 radical (unpaired) electrons. The van der Waals surface area contributed by atoms with Crippen LogP contribution in [0.4, 0.5) is 0 Å². The lowest BCUT2D eigenvalue weighted by Gasteiger charge is -2.24. The van der Waals surface area contributed by atoms with E-state index < -0.39 is 10.0 Å². The Bertz CT molecular complexity index is 580. The fourth-order valence-electron chi connectivity index (χ4n) is 2.48. The van der Waals surface area contributed by atoms with Crippen molar-refractivity contribution in [3.05, 3.63) is 28.8 Å². The van der Waals surface area contributed by atoms with Gasteiger partial charge in [-0.05, 0) is 49.6 Å². The van der Waals surface area contributed by atoms with Gasteiger partial charge in [-0.2, -0.15) is 4.31 Å². The third kappa shape index (κ3) is 4.28. The molecule has 0 atom stereocenters. The van der Waals surface area contributed by atoms with Gasteiger partial charge in [0.05, 0.1) is 4.90 Å². The molecule has 0 aliphatic heterocycles. The Morgan fingerprint density at radius 1 is 1.19 bits per heavy atom. The largest absolute Gasteiger partial charge is 0.316 e. The second kappa shape index (κ2) is 7.38. The number of nitrogens with one attached hydrogen (secondary N) is 1. The highest BCUT2D eigenvalue weighted by Crippen LogP contribution is 2.24. The molecule has 1 rings (SSSR count). The van der Waals surface area contributed by atoms with Crippen molar-refractivity contribution in [2.24, 2.45) is 5.92 Å². The van der Waals surface area contributed by atoms with E-state index in [0.717, 1.165) is 16.7 Å². The zero-order chi connectivity index (χ0) is 16.2. The van der Waals surface area contributed by atoms with E-state index in [1.165, 1.54) is 0 Å². The summed E-state index contributed by atoms with van der Waals surface area (Å²) >= 11 is 0. The Balaban J connectivity index is 3.32. The maximum absolute atomic E-state index is 12.9. The summed E-state index contributed by atoms with van der Waals surface area (Å²) in [5.74, 6) is 0.308. The van der Waals surface area contributed by atoms with Crippen LogP contribution in [0, 0.1) is 19.8 Å². The summed E-state index contributed by atoms with van der Waals surface area (Å²) in [5, 5.41) is 3.09. The van der Waals surface area contributed by atoms with Crippen molar-refractivity contribution in [3.8, 4) is 0 Å². The minimum Gasteiger partial charge on any atom is -0.316 e. The highest BCUT2D eigenvalue weighted by Gasteiger charge is 2.26. The fraction of sp³-hybridized carbons (Fsp3) is 0.625. The molecular formula is C16H28N2O2S. The predicted octanol–water partition coefficient (Wildman–Crippen LogP) is 2.69. The third-order valence-corrected chi connectivity index (χ3v) is 5.62. The minimum absolute atomic E-state index is 0.308. The van der Waals surface area contributed by atoms with Gasteiger partial charge in [0.25, 0.3) is 0 Å². The zero-order valence-corrected chi connectivity index (χ0v) is 14.8. The molecule has 0 bridgehead atoms. The highest BCUT2D eigenvalue weighted by molar-refractivity contribution is 7.89. The summed E-state index contributed by atoms with van der Waals surface area (Å²) in [5.41, 5.74) is 2.96. The predicted molar refractivity (Wildman–Crippen MR) is 88.0 cm³/mol. The van der Waals surface area contributed by atoms with Crippen LogP contribution in [0.2, 0.25) is 0 Å². The van der Waals surface area contributed by atoms with Gasteiger partial charge in [-0.3, -0.25) is 0 Å². The Morgan fingerprint density at radius 3 is 2.29 bits per heavy atom. The van der Waals surface area contributed by atoms with Crippen molar-refractivity contribution in [2.75, 3.05) is 20.1 Å². The number of hydrogen-bond acceptors (Lipinski definition) is 3. The van der Waals surface area contributed by atoms with E-state index in [-0.39, 0.29) is 0 Å². The van der Waals surface area contributed by atoms with Crippen molar-refractivity contribution in [1.29, 1.82) is 0 Å². The van der Waals surface area contributed by atoms with Crippen LogP contribution in [0.5, 0.6) is 0 Å². The number of sulfonamides is 1. The Kier molecular flexibility index (Phi) is 6.38. The summed E-state index contributed by atoms with van der Waals surface area (Å²) in [4.78, 5) is 0.431. The zero-order valence-electron chi connectivity index (χ0n) is 14.0. The van der Waals surface area contributed by atoms with E-state index in [4.69, 9.17) is 0 Å². The molecule has 0 aliphatic rings. The molecule has 0 spiro atoms. The molecule has 1 aromatic carbocycles. The lowest BCUT2D eigenvalue weighted by molar-refractivity contribution is 0.380. The van der Waals surface area contributed by atoms with Crippen LogP contribution in [-0.2, 0) is 16.6 Å². The van der Waals surface area contributed by atoms with Crippen molar-refractivity contribution < 1.29 is 8.42 Å². The molecule has 1 N–H and O–H groups in total. The van der Waals surface area contributed by atoms with Gasteiger partial charge < -0.3 is 5.32 Å². The van der Waals surface area contributed by atoms with Gasteiger partial charge in [0.2, 0.25) is 10.0 Å². The number of nitrogens with zero attached hydrogens (tertiary/aromatic N) is 1. The molecule has 0 aromatic heterocycles. The Labute approximate surface area is 129 Å². The molecule has 0 saturated heterocycles. The molecule has 0 aliphatic carbocycles. The molecule has 0 unspecified atom stereocenters. The van der Waals surface area contributed by atoms with Gasteiger partial charge >= 0.3 is 0 Å². The van der Waals surface area contributed by atoms with Crippen LogP contribution in [0.25, 0.3) is 0 Å². The lowest BCUT2D eigenvalue weighted by atomic mass is 10.1. The highest BCUT2D eigenvalue weighted by atomic mass is 32.2. The van der Waals surface area contributed by atoms with Crippen molar-refractivity contribution in [1.82, 2.24) is 9.62 Å². The average molecular weight is 312 g/mol. The van der Waals surface area contributed by atoms with Crippen molar-refractivity contribution in [2.45, 2.75) is 46.1 Å². The van der Waals surface area contributed by atoms with Gasteiger partial charge in [-0.1, -0.05) is 26.8 Å². The van der Waals surface area contributed by atoms with Crippen LogP contribution in [0.15, 0.2) is 17.0 Å².